The lowest BCUT2D eigenvalue weighted by atomic mass is 9.92. The number of amides is 2. The predicted octanol–water partition coefficient (Wildman–Crippen LogP) is 2.00. The number of hydrogen-bond donors (Lipinski definition) is 3. The molecule has 3 N–H and O–H groups in total. The molecule has 2 aliphatic rings. The fraction of sp³-hybridized carbons (Fsp3) is 0.409. The molecule has 2 amide bonds. The molecule has 0 radical (unpaired) electrons. The molecule has 0 aliphatic carbocycles. The number of nitrogens with zero attached hydrogens (tertiary/aromatic N) is 2. The second kappa shape index (κ2) is 9.21. The Hall–Kier alpha value is -3.69. The molecule has 1 saturated heterocycles. The van der Waals surface area contributed by atoms with Crippen LogP contribution in [-0.4, -0.2) is 47.4 Å². The number of hydrogen-bond acceptors (Lipinski definition) is 7. The summed E-state index contributed by atoms with van der Waals surface area (Å²) in [6.07, 6.45) is 2.99. The smallest absolute Gasteiger partial charge is 0.338 e. The van der Waals surface area contributed by atoms with E-state index in [9.17, 15) is 19.2 Å². The zero-order valence-corrected chi connectivity index (χ0v) is 17.8. The van der Waals surface area contributed by atoms with Gasteiger partial charge in [0.1, 0.15) is 5.82 Å². The van der Waals surface area contributed by atoms with Crippen molar-refractivity contribution in [1.82, 2.24) is 9.97 Å². The molecule has 0 unspecified atom stereocenters. The Labute approximate surface area is 184 Å². The van der Waals surface area contributed by atoms with Crippen molar-refractivity contribution in [3.8, 4) is 0 Å². The Morgan fingerprint density at radius 2 is 1.88 bits per heavy atom. The molecule has 168 valence electrons. The Kier molecular flexibility index (Phi) is 6.20. The molecule has 32 heavy (non-hydrogen) atoms. The van der Waals surface area contributed by atoms with Crippen LogP contribution in [0.2, 0.25) is 0 Å². The highest BCUT2D eigenvalue weighted by molar-refractivity contribution is 6.04. The van der Waals surface area contributed by atoms with Crippen LogP contribution in [0.3, 0.4) is 0 Å². The van der Waals surface area contributed by atoms with Crippen LogP contribution in [0.25, 0.3) is 0 Å². The monoisotopic (exact) mass is 439 g/mol. The standard InChI is InChI=1S/C22H25N5O5/c1-2-32-21(31)13-6-8-14(9-7-13)23-19(29)15-12-16(28)24-18-17(15)20(30)26-22(25-18)27-10-4-3-5-11-27/h6-9,15H,2-5,10-12H2,1H3,(H,23,29)(H2,24,25,26,28,30)/t15-/m0/s1. The van der Waals surface area contributed by atoms with Gasteiger partial charge in [-0.3, -0.25) is 19.4 Å². The Morgan fingerprint density at radius 1 is 1.16 bits per heavy atom. The van der Waals surface area contributed by atoms with E-state index in [1.807, 2.05) is 4.90 Å². The highest BCUT2D eigenvalue weighted by atomic mass is 16.5. The molecule has 2 aliphatic heterocycles. The molecule has 0 bridgehead atoms. The largest absolute Gasteiger partial charge is 0.462 e. The average Bonchev–Trinajstić information content (AvgIpc) is 2.79. The summed E-state index contributed by atoms with van der Waals surface area (Å²) in [5.41, 5.74) is 0.502. The predicted molar refractivity (Wildman–Crippen MR) is 118 cm³/mol. The van der Waals surface area contributed by atoms with Crippen molar-refractivity contribution in [3.63, 3.8) is 0 Å². The molecule has 0 saturated carbocycles. The van der Waals surface area contributed by atoms with Crippen LogP contribution in [0.1, 0.15) is 54.4 Å². The lowest BCUT2D eigenvalue weighted by molar-refractivity contribution is -0.123. The first kappa shape index (κ1) is 21.5. The van der Waals surface area contributed by atoms with E-state index in [-0.39, 0.29) is 30.3 Å². The van der Waals surface area contributed by atoms with Crippen molar-refractivity contribution in [1.29, 1.82) is 0 Å². The Balaban J connectivity index is 1.55. The van der Waals surface area contributed by atoms with Crippen molar-refractivity contribution in [2.24, 2.45) is 0 Å². The number of carbonyl (C=O) groups is 3. The number of fused-ring (bicyclic) bond motifs is 1. The Bertz CT molecular complexity index is 1090. The average molecular weight is 439 g/mol. The summed E-state index contributed by atoms with van der Waals surface area (Å²) in [7, 11) is 0. The fourth-order valence-corrected chi connectivity index (χ4v) is 3.97. The number of benzene rings is 1. The van der Waals surface area contributed by atoms with Gasteiger partial charge in [0.15, 0.2) is 0 Å². The fourth-order valence-electron chi connectivity index (χ4n) is 3.97. The second-order valence-corrected chi connectivity index (χ2v) is 7.79. The molecule has 1 atom stereocenters. The SMILES string of the molecule is CCOC(=O)c1ccc(NC(=O)[C@H]2CC(=O)Nc3nc(N4CCCCC4)[nH]c(=O)c32)cc1. The third kappa shape index (κ3) is 4.48. The highest BCUT2D eigenvalue weighted by Gasteiger charge is 2.35. The van der Waals surface area contributed by atoms with Gasteiger partial charge >= 0.3 is 5.97 Å². The number of H-pyrrole nitrogens is 1. The number of piperidine rings is 1. The summed E-state index contributed by atoms with van der Waals surface area (Å²) >= 11 is 0. The molecule has 3 heterocycles. The maximum atomic E-state index is 13.0. The molecule has 2 aromatic rings. The van der Waals surface area contributed by atoms with Crippen molar-refractivity contribution >= 4 is 35.2 Å². The van der Waals surface area contributed by atoms with Gasteiger partial charge in [-0.2, -0.15) is 4.98 Å². The van der Waals surface area contributed by atoms with Gasteiger partial charge in [0.2, 0.25) is 17.8 Å². The summed E-state index contributed by atoms with van der Waals surface area (Å²) in [5, 5.41) is 5.35. The van der Waals surface area contributed by atoms with E-state index in [1.165, 1.54) is 12.1 Å². The van der Waals surface area contributed by atoms with Crippen molar-refractivity contribution in [2.75, 3.05) is 35.2 Å². The lowest BCUT2D eigenvalue weighted by Gasteiger charge is -2.29. The third-order valence-electron chi connectivity index (χ3n) is 5.57. The van der Waals surface area contributed by atoms with Gasteiger partial charge in [-0.15, -0.1) is 0 Å². The first-order chi connectivity index (χ1) is 15.5. The maximum Gasteiger partial charge on any atom is 0.338 e. The van der Waals surface area contributed by atoms with E-state index >= 15 is 0 Å². The quantitative estimate of drug-likeness (QED) is 0.607. The van der Waals surface area contributed by atoms with Crippen molar-refractivity contribution < 1.29 is 19.1 Å². The van der Waals surface area contributed by atoms with Crippen LogP contribution < -0.4 is 21.1 Å². The van der Waals surface area contributed by atoms with Crippen LogP contribution in [0.15, 0.2) is 29.1 Å². The zero-order chi connectivity index (χ0) is 22.7. The molecule has 1 aromatic heterocycles. The molecule has 10 heteroatoms. The minimum absolute atomic E-state index is 0.128. The zero-order valence-electron chi connectivity index (χ0n) is 17.8. The van der Waals surface area contributed by atoms with Gasteiger partial charge in [0.25, 0.3) is 5.56 Å². The molecule has 1 aromatic carbocycles. The van der Waals surface area contributed by atoms with E-state index < -0.39 is 23.4 Å². The molecule has 0 spiro atoms. The molecule has 1 fully saturated rings. The summed E-state index contributed by atoms with van der Waals surface area (Å²) in [6.45, 7) is 3.54. The number of aromatic nitrogens is 2. The first-order valence-corrected chi connectivity index (χ1v) is 10.7. The summed E-state index contributed by atoms with van der Waals surface area (Å²) in [4.78, 5) is 59.1. The number of rotatable bonds is 5. The van der Waals surface area contributed by atoms with Gasteiger partial charge in [-0.05, 0) is 50.5 Å². The maximum absolute atomic E-state index is 13.0. The number of nitrogens with one attached hydrogen (secondary N) is 3. The van der Waals surface area contributed by atoms with Crippen LogP contribution in [0, 0.1) is 0 Å². The van der Waals surface area contributed by atoms with E-state index in [4.69, 9.17) is 4.74 Å². The van der Waals surface area contributed by atoms with Crippen molar-refractivity contribution in [2.45, 2.75) is 38.5 Å². The van der Waals surface area contributed by atoms with E-state index in [0.29, 0.717) is 17.2 Å². The molecule has 10 nitrogen and oxygen atoms in total. The van der Waals surface area contributed by atoms with E-state index in [1.54, 1.807) is 19.1 Å². The number of ether oxygens (including phenoxy) is 1. The number of aromatic amines is 1. The normalized spacial score (nSPS) is 17.8. The van der Waals surface area contributed by atoms with E-state index in [2.05, 4.69) is 20.6 Å². The van der Waals surface area contributed by atoms with Gasteiger partial charge in [-0.1, -0.05) is 0 Å². The van der Waals surface area contributed by atoms with Gasteiger partial charge in [0, 0.05) is 25.2 Å². The second-order valence-electron chi connectivity index (χ2n) is 7.79. The minimum atomic E-state index is -0.977. The molecule has 4 rings (SSSR count). The number of esters is 1. The minimum Gasteiger partial charge on any atom is -0.462 e. The Morgan fingerprint density at radius 3 is 2.56 bits per heavy atom. The van der Waals surface area contributed by atoms with Crippen LogP contribution >= 0.6 is 0 Å². The van der Waals surface area contributed by atoms with Crippen LogP contribution in [0.4, 0.5) is 17.5 Å². The van der Waals surface area contributed by atoms with Gasteiger partial charge in [0.05, 0.1) is 23.7 Å². The van der Waals surface area contributed by atoms with Crippen molar-refractivity contribution in [3.05, 3.63) is 45.7 Å². The van der Waals surface area contributed by atoms with Crippen LogP contribution in [0.5, 0.6) is 0 Å². The summed E-state index contributed by atoms with van der Waals surface area (Å²) in [5.74, 6) is -1.77. The topological polar surface area (TPSA) is 133 Å². The summed E-state index contributed by atoms with van der Waals surface area (Å²) in [6, 6.07) is 6.20. The van der Waals surface area contributed by atoms with Gasteiger partial charge < -0.3 is 20.3 Å². The highest BCUT2D eigenvalue weighted by Crippen LogP contribution is 2.30. The summed E-state index contributed by atoms with van der Waals surface area (Å²) < 4.78 is 4.94. The van der Waals surface area contributed by atoms with E-state index in [0.717, 1.165) is 32.4 Å². The van der Waals surface area contributed by atoms with Gasteiger partial charge in [-0.25, -0.2) is 4.79 Å². The lowest BCUT2D eigenvalue weighted by Crippen LogP contribution is -2.38. The molecular weight excluding hydrogens is 414 g/mol. The number of anilines is 3. The molecular formula is C22H25N5O5. The first-order valence-electron chi connectivity index (χ1n) is 10.7. The third-order valence-corrected chi connectivity index (χ3v) is 5.57. The van der Waals surface area contributed by atoms with Crippen LogP contribution in [-0.2, 0) is 14.3 Å². The number of carbonyl (C=O) groups excluding carboxylic acids is 3.